The highest BCUT2D eigenvalue weighted by atomic mass is 32.2. The quantitative estimate of drug-likeness (QED) is 0.167. The van der Waals surface area contributed by atoms with Crippen molar-refractivity contribution in [1.82, 2.24) is 9.97 Å². The van der Waals surface area contributed by atoms with Crippen molar-refractivity contribution in [1.29, 1.82) is 0 Å². The van der Waals surface area contributed by atoms with Gasteiger partial charge in [-0.25, -0.2) is 9.97 Å². The summed E-state index contributed by atoms with van der Waals surface area (Å²) in [6, 6.07) is 83.3. The van der Waals surface area contributed by atoms with Gasteiger partial charge in [0.15, 0.2) is 5.82 Å². The van der Waals surface area contributed by atoms with Crippen LogP contribution in [0, 0.1) is 0 Å². The standard InChI is InChI=1S/C59H38N2S/c1-3-17-39(18-4-1)46-25-7-8-28-49(46)55-38-54(60-58(61-55)40-19-5-2-6-20-40)45-24-16-23-43(36-45)41-21-15-22-42(35-41)44-33-34-53-57(37-44)62-56-32-14-13-31-52(56)59(53)50-29-11-9-26-47(50)48-27-10-12-30-51(48)59/h1-38H. The molecule has 1 aliphatic carbocycles. The third-order valence-electron chi connectivity index (χ3n) is 12.6. The Bertz CT molecular complexity index is 3290. The van der Waals surface area contributed by atoms with Crippen LogP contribution in [0.1, 0.15) is 22.3 Å². The normalized spacial score (nSPS) is 12.9. The molecule has 0 fully saturated rings. The number of rotatable bonds is 6. The predicted molar refractivity (Wildman–Crippen MR) is 256 cm³/mol. The first-order chi connectivity index (χ1) is 30.7. The van der Waals surface area contributed by atoms with Gasteiger partial charge in [0.2, 0.25) is 0 Å². The molecule has 2 nitrogen and oxygen atoms in total. The number of fused-ring (bicyclic) bond motifs is 9. The molecular weight excluding hydrogens is 769 g/mol. The average Bonchev–Trinajstić information content (AvgIpc) is 3.65. The van der Waals surface area contributed by atoms with Gasteiger partial charge in [-0.1, -0.05) is 212 Å². The van der Waals surface area contributed by atoms with E-state index in [2.05, 4.69) is 212 Å². The molecule has 1 spiro atoms. The Hall–Kier alpha value is -7.59. The maximum atomic E-state index is 5.20. The summed E-state index contributed by atoms with van der Waals surface area (Å²) in [5.41, 5.74) is 19.5. The highest BCUT2D eigenvalue weighted by Crippen LogP contribution is 2.62. The van der Waals surface area contributed by atoms with Crippen LogP contribution < -0.4 is 0 Å². The minimum atomic E-state index is -0.379. The van der Waals surface area contributed by atoms with Crippen LogP contribution >= 0.6 is 11.8 Å². The van der Waals surface area contributed by atoms with Gasteiger partial charge >= 0.3 is 0 Å². The van der Waals surface area contributed by atoms with Gasteiger partial charge in [0.25, 0.3) is 0 Å². The van der Waals surface area contributed by atoms with E-state index in [1.54, 1.807) is 0 Å². The van der Waals surface area contributed by atoms with Crippen LogP contribution in [-0.2, 0) is 5.41 Å². The third kappa shape index (κ3) is 5.89. The van der Waals surface area contributed by atoms with Crippen molar-refractivity contribution < 1.29 is 0 Å². The predicted octanol–water partition coefficient (Wildman–Crippen LogP) is 15.3. The highest BCUT2D eigenvalue weighted by Gasteiger charge is 2.50. The lowest BCUT2D eigenvalue weighted by atomic mass is 9.67. The van der Waals surface area contributed by atoms with Crippen molar-refractivity contribution in [3.05, 3.63) is 253 Å². The van der Waals surface area contributed by atoms with Gasteiger partial charge in [-0.3, -0.25) is 0 Å². The van der Waals surface area contributed by atoms with Gasteiger partial charge in [0, 0.05) is 26.5 Å². The van der Waals surface area contributed by atoms with Crippen molar-refractivity contribution in [2.45, 2.75) is 15.2 Å². The summed E-state index contributed by atoms with van der Waals surface area (Å²) in [5, 5.41) is 0. The Morgan fingerprint density at radius 1 is 0.274 bits per heavy atom. The zero-order chi connectivity index (χ0) is 41.0. The smallest absolute Gasteiger partial charge is 0.160 e. The van der Waals surface area contributed by atoms with E-state index in [0.717, 1.165) is 50.3 Å². The maximum Gasteiger partial charge on any atom is 0.160 e. The summed E-state index contributed by atoms with van der Waals surface area (Å²) in [6.45, 7) is 0. The zero-order valence-electron chi connectivity index (χ0n) is 33.7. The molecule has 62 heavy (non-hydrogen) atoms. The second-order valence-corrected chi connectivity index (χ2v) is 17.1. The Morgan fingerprint density at radius 2 is 0.742 bits per heavy atom. The van der Waals surface area contributed by atoms with E-state index in [4.69, 9.17) is 9.97 Å². The SMILES string of the molecule is c1ccc(-c2nc(-c3cccc(-c4cccc(-c5ccc6c(c5)Sc5ccccc5C65c6ccccc6-c6ccccc65)c4)c3)cc(-c3ccccc3-c3ccccc3)n2)cc1. The molecule has 0 radical (unpaired) electrons. The van der Waals surface area contributed by atoms with E-state index in [9.17, 15) is 0 Å². The molecule has 1 aromatic heterocycles. The summed E-state index contributed by atoms with van der Waals surface area (Å²) in [6.07, 6.45) is 0. The first-order valence-electron chi connectivity index (χ1n) is 21.1. The molecule has 0 atom stereocenters. The lowest BCUT2D eigenvalue weighted by molar-refractivity contribution is 0.722. The molecule has 2 aliphatic rings. The second-order valence-electron chi connectivity index (χ2n) is 16.1. The van der Waals surface area contributed by atoms with Crippen molar-refractivity contribution >= 4 is 11.8 Å². The Balaban J connectivity index is 0.947. The van der Waals surface area contributed by atoms with Crippen LogP contribution in [0.3, 0.4) is 0 Å². The van der Waals surface area contributed by atoms with E-state index >= 15 is 0 Å². The summed E-state index contributed by atoms with van der Waals surface area (Å²) >= 11 is 1.89. The number of benzene rings is 9. The first-order valence-corrected chi connectivity index (χ1v) is 22.0. The van der Waals surface area contributed by atoms with Crippen LogP contribution in [0.15, 0.2) is 240 Å². The molecule has 9 aromatic carbocycles. The Labute approximate surface area is 366 Å². The first kappa shape index (κ1) is 36.3. The van der Waals surface area contributed by atoms with Crippen LogP contribution in [0.2, 0.25) is 0 Å². The summed E-state index contributed by atoms with van der Waals surface area (Å²) in [5.74, 6) is 0.702. The van der Waals surface area contributed by atoms with Crippen molar-refractivity contribution in [2.75, 3.05) is 0 Å². The third-order valence-corrected chi connectivity index (χ3v) is 13.7. The number of aromatic nitrogens is 2. The molecule has 290 valence electrons. The Morgan fingerprint density at radius 3 is 1.42 bits per heavy atom. The molecule has 0 unspecified atom stereocenters. The molecule has 0 saturated heterocycles. The fraction of sp³-hybridized carbons (Fsp3) is 0.0169. The van der Waals surface area contributed by atoms with Gasteiger partial charge in [-0.2, -0.15) is 0 Å². The van der Waals surface area contributed by atoms with Gasteiger partial charge in [0.1, 0.15) is 0 Å². The Kier molecular flexibility index (Phi) is 8.69. The molecule has 3 heteroatoms. The number of nitrogens with zero attached hydrogens (tertiary/aromatic N) is 2. The summed E-state index contributed by atoms with van der Waals surface area (Å²) < 4.78 is 0. The molecule has 0 bridgehead atoms. The summed E-state index contributed by atoms with van der Waals surface area (Å²) in [7, 11) is 0. The van der Waals surface area contributed by atoms with E-state index < -0.39 is 0 Å². The average molecular weight is 807 g/mol. The molecule has 0 saturated carbocycles. The molecule has 0 amide bonds. The van der Waals surface area contributed by atoms with Crippen molar-refractivity contribution in [3.8, 4) is 78.4 Å². The lowest BCUT2D eigenvalue weighted by Gasteiger charge is -2.39. The van der Waals surface area contributed by atoms with Crippen LogP contribution in [-0.4, -0.2) is 9.97 Å². The van der Waals surface area contributed by atoms with Gasteiger partial charge in [0.05, 0.1) is 16.8 Å². The lowest BCUT2D eigenvalue weighted by Crippen LogP contribution is -2.31. The largest absolute Gasteiger partial charge is 0.228 e. The minimum Gasteiger partial charge on any atom is -0.228 e. The molecular formula is C59H38N2S. The minimum absolute atomic E-state index is 0.379. The van der Waals surface area contributed by atoms with Crippen LogP contribution in [0.4, 0.5) is 0 Å². The van der Waals surface area contributed by atoms with E-state index in [1.165, 1.54) is 54.3 Å². The van der Waals surface area contributed by atoms with Gasteiger partial charge in [-0.05, 0) is 97.1 Å². The van der Waals surface area contributed by atoms with Crippen molar-refractivity contribution in [3.63, 3.8) is 0 Å². The van der Waals surface area contributed by atoms with E-state index in [1.807, 2.05) is 30.0 Å². The van der Waals surface area contributed by atoms with Gasteiger partial charge < -0.3 is 0 Å². The maximum absolute atomic E-state index is 5.20. The van der Waals surface area contributed by atoms with Crippen LogP contribution in [0.25, 0.3) is 78.4 Å². The second kappa shape index (κ2) is 14.8. The van der Waals surface area contributed by atoms with Gasteiger partial charge in [-0.15, -0.1) is 0 Å². The van der Waals surface area contributed by atoms with E-state index in [-0.39, 0.29) is 5.41 Å². The molecule has 12 rings (SSSR count). The van der Waals surface area contributed by atoms with Crippen LogP contribution in [0.5, 0.6) is 0 Å². The highest BCUT2D eigenvalue weighted by molar-refractivity contribution is 7.99. The number of hydrogen-bond donors (Lipinski definition) is 0. The molecule has 2 heterocycles. The zero-order valence-corrected chi connectivity index (χ0v) is 34.6. The summed E-state index contributed by atoms with van der Waals surface area (Å²) in [4.78, 5) is 13.0. The monoisotopic (exact) mass is 806 g/mol. The fourth-order valence-electron chi connectivity index (χ4n) is 9.80. The topological polar surface area (TPSA) is 25.8 Å². The molecule has 0 N–H and O–H groups in total. The van der Waals surface area contributed by atoms with Crippen molar-refractivity contribution in [2.24, 2.45) is 0 Å². The molecule has 10 aromatic rings. The molecule has 1 aliphatic heterocycles. The van der Waals surface area contributed by atoms with E-state index in [0.29, 0.717) is 5.82 Å². The number of hydrogen-bond acceptors (Lipinski definition) is 3. The fourth-order valence-corrected chi connectivity index (χ4v) is 11.0.